The molecule has 0 spiro atoms. The van der Waals surface area contributed by atoms with Crippen LogP contribution in [0.15, 0.2) is 82.6 Å². The number of benzene rings is 3. The van der Waals surface area contributed by atoms with E-state index in [2.05, 4.69) is 5.32 Å². The minimum atomic E-state index is -3.94. The Bertz CT molecular complexity index is 1450. The number of sulfone groups is 1. The van der Waals surface area contributed by atoms with Crippen molar-refractivity contribution in [2.75, 3.05) is 17.1 Å². The van der Waals surface area contributed by atoms with Gasteiger partial charge in [0.15, 0.2) is 15.9 Å². The summed E-state index contributed by atoms with van der Waals surface area (Å²) in [5.41, 5.74) is 2.00. The summed E-state index contributed by atoms with van der Waals surface area (Å²) in [6, 6.07) is 19.0. The number of hydrogen-bond acceptors (Lipinski definition) is 6. The molecule has 1 aliphatic rings. The van der Waals surface area contributed by atoms with Crippen LogP contribution in [0, 0.1) is 6.92 Å². The summed E-state index contributed by atoms with van der Waals surface area (Å²) in [7, 11) is -7.27. The van der Waals surface area contributed by atoms with Crippen LogP contribution < -0.4 is 14.4 Å². The van der Waals surface area contributed by atoms with Crippen molar-refractivity contribution < 1.29 is 26.4 Å². The van der Waals surface area contributed by atoms with Gasteiger partial charge in [-0.05, 0) is 55.8 Å². The zero-order valence-corrected chi connectivity index (χ0v) is 21.1. The van der Waals surface area contributed by atoms with E-state index < -0.39 is 37.9 Å². The molecule has 0 unspecified atom stereocenters. The largest absolute Gasteiger partial charge is 0.476 e. The molecule has 0 fully saturated rings. The number of ether oxygens (including phenoxy) is 1. The van der Waals surface area contributed by atoms with Crippen LogP contribution in [0.4, 0.5) is 5.69 Å². The summed E-state index contributed by atoms with van der Waals surface area (Å²) >= 11 is 0. The van der Waals surface area contributed by atoms with Gasteiger partial charge in [0.1, 0.15) is 5.75 Å². The minimum Gasteiger partial charge on any atom is -0.476 e. The lowest BCUT2D eigenvalue weighted by atomic mass is 10.1. The second kappa shape index (κ2) is 9.35. The summed E-state index contributed by atoms with van der Waals surface area (Å²) < 4.78 is 57.4. The first-order chi connectivity index (χ1) is 16.5. The Morgan fingerprint density at radius 1 is 0.943 bits per heavy atom. The standard InChI is InChI=1S/C25H26N2O6S2/c1-17-8-12-21(13-9-17)35(31,32)27-16-24(33-23-7-5-4-6-22(23)27)25(28)26-18(2)19-10-14-20(15-11-19)34(3,29)30/h4-15,18,24H,16H2,1-3H3,(H,26,28)/t18-,24+/m0/s1. The zero-order chi connectivity index (χ0) is 25.4. The number of carbonyl (C=O) groups is 1. The molecule has 2 atom stereocenters. The number of amides is 1. The third-order valence-electron chi connectivity index (χ3n) is 5.80. The van der Waals surface area contributed by atoms with Gasteiger partial charge in [-0.3, -0.25) is 9.10 Å². The molecule has 1 N–H and O–H groups in total. The van der Waals surface area contributed by atoms with Crippen LogP contribution in [0.25, 0.3) is 0 Å². The molecule has 184 valence electrons. The van der Waals surface area contributed by atoms with E-state index in [4.69, 9.17) is 4.74 Å². The summed E-state index contributed by atoms with van der Waals surface area (Å²) in [6.45, 7) is 3.43. The molecule has 10 heteroatoms. The van der Waals surface area contributed by atoms with Gasteiger partial charge in [0.2, 0.25) is 0 Å². The van der Waals surface area contributed by atoms with Crippen LogP contribution in [0.3, 0.4) is 0 Å². The fraction of sp³-hybridized carbons (Fsp3) is 0.240. The number of carbonyl (C=O) groups excluding carboxylic acids is 1. The molecule has 0 aromatic heterocycles. The van der Waals surface area contributed by atoms with Crippen molar-refractivity contribution in [3.63, 3.8) is 0 Å². The number of fused-ring (bicyclic) bond motifs is 1. The van der Waals surface area contributed by atoms with Gasteiger partial charge in [-0.2, -0.15) is 0 Å². The Labute approximate surface area is 205 Å². The third-order valence-corrected chi connectivity index (χ3v) is 8.73. The van der Waals surface area contributed by atoms with E-state index in [9.17, 15) is 21.6 Å². The molecular weight excluding hydrogens is 488 g/mol. The van der Waals surface area contributed by atoms with Gasteiger partial charge in [0.25, 0.3) is 15.9 Å². The molecule has 1 aliphatic heterocycles. The van der Waals surface area contributed by atoms with E-state index in [1.165, 1.54) is 16.4 Å². The number of rotatable bonds is 6. The highest BCUT2D eigenvalue weighted by Crippen LogP contribution is 2.37. The highest BCUT2D eigenvalue weighted by molar-refractivity contribution is 7.92. The maximum absolute atomic E-state index is 13.5. The average Bonchev–Trinajstić information content (AvgIpc) is 2.83. The molecule has 4 rings (SSSR count). The van der Waals surface area contributed by atoms with Crippen LogP contribution in [-0.4, -0.2) is 41.6 Å². The number of para-hydroxylation sites is 2. The van der Waals surface area contributed by atoms with E-state index in [-0.39, 0.29) is 16.3 Å². The van der Waals surface area contributed by atoms with E-state index in [1.54, 1.807) is 67.6 Å². The molecule has 35 heavy (non-hydrogen) atoms. The number of nitrogens with one attached hydrogen (secondary N) is 1. The van der Waals surface area contributed by atoms with Gasteiger partial charge in [-0.25, -0.2) is 16.8 Å². The number of nitrogens with zero attached hydrogens (tertiary/aromatic N) is 1. The van der Waals surface area contributed by atoms with Crippen molar-refractivity contribution in [1.29, 1.82) is 0 Å². The number of sulfonamides is 1. The molecule has 0 bridgehead atoms. The van der Waals surface area contributed by atoms with Gasteiger partial charge >= 0.3 is 0 Å². The van der Waals surface area contributed by atoms with Crippen molar-refractivity contribution >= 4 is 31.5 Å². The Hall–Kier alpha value is -3.37. The maximum Gasteiger partial charge on any atom is 0.264 e. The van der Waals surface area contributed by atoms with E-state index in [0.29, 0.717) is 17.0 Å². The second-order valence-corrected chi connectivity index (χ2v) is 12.4. The number of hydrogen-bond donors (Lipinski definition) is 1. The number of anilines is 1. The lowest BCUT2D eigenvalue weighted by Crippen LogP contribution is -2.51. The van der Waals surface area contributed by atoms with Gasteiger partial charge in [-0.15, -0.1) is 0 Å². The molecule has 1 heterocycles. The fourth-order valence-electron chi connectivity index (χ4n) is 3.80. The Morgan fingerprint density at radius 3 is 2.17 bits per heavy atom. The summed E-state index contributed by atoms with van der Waals surface area (Å²) in [5, 5.41) is 2.84. The highest BCUT2D eigenvalue weighted by atomic mass is 32.2. The SMILES string of the molecule is Cc1ccc(S(=O)(=O)N2C[C@H](C(=O)N[C@@H](C)c3ccc(S(C)(=O)=O)cc3)Oc3ccccc32)cc1. The van der Waals surface area contributed by atoms with Crippen LogP contribution in [-0.2, 0) is 24.7 Å². The zero-order valence-electron chi connectivity index (χ0n) is 19.5. The lowest BCUT2D eigenvalue weighted by Gasteiger charge is -2.35. The second-order valence-electron chi connectivity index (χ2n) is 8.49. The van der Waals surface area contributed by atoms with Gasteiger partial charge in [0.05, 0.1) is 28.1 Å². The maximum atomic E-state index is 13.5. The summed E-state index contributed by atoms with van der Waals surface area (Å²) in [5.74, 6) is -0.192. The fourth-order valence-corrected chi connectivity index (χ4v) is 5.90. The van der Waals surface area contributed by atoms with Gasteiger partial charge < -0.3 is 10.1 Å². The molecule has 3 aromatic carbocycles. The van der Waals surface area contributed by atoms with Crippen molar-refractivity contribution in [1.82, 2.24) is 5.32 Å². The third kappa shape index (κ3) is 5.18. The van der Waals surface area contributed by atoms with Crippen LogP contribution >= 0.6 is 0 Å². The van der Waals surface area contributed by atoms with Crippen molar-refractivity contribution in [2.45, 2.75) is 35.8 Å². The normalized spacial score (nSPS) is 16.7. The molecule has 8 nitrogen and oxygen atoms in total. The van der Waals surface area contributed by atoms with Crippen molar-refractivity contribution in [2.24, 2.45) is 0 Å². The quantitative estimate of drug-likeness (QED) is 0.541. The topological polar surface area (TPSA) is 110 Å². The molecule has 1 amide bonds. The minimum absolute atomic E-state index is 0.123. The average molecular weight is 515 g/mol. The van der Waals surface area contributed by atoms with E-state index in [0.717, 1.165) is 11.8 Å². The highest BCUT2D eigenvalue weighted by Gasteiger charge is 2.37. The molecule has 0 saturated heterocycles. The predicted octanol–water partition coefficient (Wildman–Crippen LogP) is 3.23. The van der Waals surface area contributed by atoms with Crippen LogP contribution in [0.5, 0.6) is 5.75 Å². The first-order valence-electron chi connectivity index (χ1n) is 10.9. The van der Waals surface area contributed by atoms with E-state index in [1.807, 2.05) is 6.92 Å². The number of aryl methyl sites for hydroxylation is 1. The van der Waals surface area contributed by atoms with Gasteiger partial charge in [0, 0.05) is 6.26 Å². The van der Waals surface area contributed by atoms with Crippen molar-refractivity contribution in [3.05, 3.63) is 83.9 Å². The first kappa shape index (κ1) is 24.7. The molecule has 0 radical (unpaired) electrons. The van der Waals surface area contributed by atoms with Crippen molar-refractivity contribution in [3.8, 4) is 5.75 Å². The Kier molecular flexibility index (Phi) is 6.61. The molecule has 0 aliphatic carbocycles. The summed E-state index contributed by atoms with van der Waals surface area (Å²) in [4.78, 5) is 13.4. The van der Waals surface area contributed by atoms with Gasteiger partial charge in [-0.1, -0.05) is 42.0 Å². The summed E-state index contributed by atoms with van der Waals surface area (Å²) in [6.07, 6.45) is 0.0462. The molecular formula is C25H26N2O6S2. The van der Waals surface area contributed by atoms with Crippen LogP contribution in [0.2, 0.25) is 0 Å². The molecule has 3 aromatic rings. The smallest absolute Gasteiger partial charge is 0.264 e. The predicted molar refractivity (Wildman–Crippen MR) is 133 cm³/mol. The Balaban J connectivity index is 1.58. The first-order valence-corrected chi connectivity index (χ1v) is 14.3. The molecule has 0 saturated carbocycles. The Morgan fingerprint density at radius 2 is 1.54 bits per heavy atom. The van der Waals surface area contributed by atoms with E-state index >= 15 is 0 Å². The van der Waals surface area contributed by atoms with Crippen LogP contribution in [0.1, 0.15) is 24.1 Å². The lowest BCUT2D eigenvalue weighted by molar-refractivity contribution is -0.128. The monoisotopic (exact) mass is 514 g/mol.